The average molecular weight is 792 g/mol. The van der Waals surface area contributed by atoms with Crippen molar-refractivity contribution in [2.24, 2.45) is 0 Å². The molecule has 0 atom stereocenters. The minimum atomic E-state index is 1.14. The van der Waals surface area contributed by atoms with Crippen LogP contribution >= 0.6 is 34.0 Å². The van der Waals surface area contributed by atoms with Crippen LogP contribution in [0.3, 0.4) is 0 Å². The lowest BCUT2D eigenvalue weighted by molar-refractivity contribution is 1.31. The van der Waals surface area contributed by atoms with Crippen molar-refractivity contribution < 1.29 is 0 Å². The first-order valence-electron chi connectivity index (χ1n) is 19.6. The van der Waals surface area contributed by atoms with Crippen molar-refractivity contribution in [2.45, 2.75) is 0 Å². The summed E-state index contributed by atoms with van der Waals surface area (Å²) in [4.78, 5) is 2.52. The molecule has 12 rings (SSSR count). The fraction of sp³-hybridized carbons (Fsp3) is 0. The first kappa shape index (κ1) is 33.6. The van der Waals surface area contributed by atoms with E-state index in [4.69, 9.17) is 0 Å². The summed E-state index contributed by atoms with van der Waals surface area (Å²) < 4.78 is 7.79. The molecule has 4 heteroatoms. The van der Waals surface area contributed by atoms with Crippen LogP contribution < -0.4 is 4.90 Å². The van der Waals surface area contributed by atoms with E-state index in [1.165, 1.54) is 99.6 Å². The van der Waals surface area contributed by atoms with Crippen LogP contribution in [0.4, 0.5) is 17.1 Å². The number of hydrogen-bond donors (Lipinski definition) is 0. The standard InChI is InChI=1S/C54H33NS3/c1-4-13-34(14-5-1)37-23-26-43-51(31-37)58-54-41(36-17-8-3-9-18-36)27-28-46(53(43)54)55(38-24-29-48-44(32-38)42-19-10-11-21-47(42)56-48)39-25-30-49-45(33-39)52-40(20-12-22-50(52)57-49)35-15-6-2-7-16-35/h1-33H. The van der Waals surface area contributed by atoms with Crippen LogP contribution in [0.1, 0.15) is 0 Å². The van der Waals surface area contributed by atoms with E-state index in [1.54, 1.807) is 0 Å². The minimum Gasteiger partial charge on any atom is -0.310 e. The molecular formula is C54H33NS3. The summed E-state index contributed by atoms with van der Waals surface area (Å²) >= 11 is 5.65. The first-order valence-corrected chi connectivity index (χ1v) is 22.0. The van der Waals surface area contributed by atoms with Gasteiger partial charge in [-0.25, -0.2) is 0 Å². The second-order valence-corrected chi connectivity index (χ2v) is 18.0. The van der Waals surface area contributed by atoms with Crippen LogP contribution in [0.2, 0.25) is 0 Å². The second kappa shape index (κ2) is 13.5. The van der Waals surface area contributed by atoms with Crippen molar-refractivity contribution in [3.05, 3.63) is 200 Å². The lowest BCUT2D eigenvalue weighted by Crippen LogP contribution is -2.10. The SMILES string of the molecule is c1ccc(-c2ccc3c(c2)sc2c(-c4ccccc4)ccc(N(c4ccc5sc6ccccc6c5c4)c4ccc5sc6cccc(-c7ccccc7)c6c5c4)c23)cc1. The van der Waals surface area contributed by atoms with Gasteiger partial charge in [-0.1, -0.05) is 140 Å². The quantitative estimate of drug-likeness (QED) is 0.162. The van der Waals surface area contributed by atoms with Crippen LogP contribution in [0, 0.1) is 0 Å². The van der Waals surface area contributed by atoms with E-state index < -0.39 is 0 Å². The van der Waals surface area contributed by atoms with Gasteiger partial charge < -0.3 is 4.90 Å². The molecule has 272 valence electrons. The zero-order valence-corrected chi connectivity index (χ0v) is 33.7. The van der Waals surface area contributed by atoms with Crippen LogP contribution in [-0.4, -0.2) is 0 Å². The van der Waals surface area contributed by atoms with Crippen LogP contribution in [0.25, 0.3) is 93.9 Å². The van der Waals surface area contributed by atoms with E-state index in [9.17, 15) is 0 Å². The molecule has 3 aromatic heterocycles. The monoisotopic (exact) mass is 791 g/mol. The number of hydrogen-bond acceptors (Lipinski definition) is 4. The van der Waals surface area contributed by atoms with Gasteiger partial charge in [-0.3, -0.25) is 0 Å². The highest BCUT2D eigenvalue weighted by Crippen LogP contribution is 2.51. The Kier molecular flexibility index (Phi) is 7.83. The Balaban J connectivity index is 1.16. The van der Waals surface area contributed by atoms with Gasteiger partial charge in [0.1, 0.15) is 0 Å². The summed E-state index contributed by atoms with van der Waals surface area (Å²) in [6.45, 7) is 0. The van der Waals surface area contributed by atoms with Gasteiger partial charge in [0.2, 0.25) is 0 Å². The maximum absolute atomic E-state index is 2.52. The number of anilines is 3. The molecule has 0 aliphatic heterocycles. The normalized spacial score (nSPS) is 11.8. The largest absolute Gasteiger partial charge is 0.310 e. The Bertz CT molecular complexity index is 3500. The lowest BCUT2D eigenvalue weighted by atomic mass is 9.98. The summed E-state index contributed by atoms with van der Waals surface area (Å²) in [6.07, 6.45) is 0. The van der Waals surface area contributed by atoms with Gasteiger partial charge in [-0.05, 0) is 94.0 Å². The fourth-order valence-electron chi connectivity index (χ4n) is 8.80. The van der Waals surface area contributed by atoms with Gasteiger partial charge in [-0.2, -0.15) is 0 Å². The van der Waals surface area contributed by atoms with Gasteiger partial charge in [0.05, 0.1) is 5.69 Å². The Morgan fingerprint density at radius 2 is 0.897 bits per heavy atom. The van der Waals surface area contributed by atoms with E-state index in [2.05, 4.69) is 205 Å². The third-order valence-corrected chi connectivity index (χ3v) is 14.9. The van der Waals surface area contributed by atoms with Gasteiger partial charge in [-0.15, -0.1) is 34.0 Å². The molecule has 0 aliphatic rings. The minimum absolute atomic E-state index is 1.14. The summed E-state index contributed by atoms with van der Waals surface area (Å²) in [6, 6.07) is 73.9. The molecule has 1 nitrogen and oxygen atoms in total. The Morgan fingerprint density at radius 3 is 1.66 bits per heavy atom. The smallest absolute Gasteiger partial charge is 0.0555 e. The van der Waals surface area contributed by atoms with Gasteiger partial charge >= 0.3 is 0 Å². The molecule has 58 heavy (non-hydrogen) atoms. The van der Waals surface area contributed by atoms with Crippen molar-refractivity contribution >= 4 is 112 Å². The van der Waals surface area contributed by atoms with Crippen LogP contribution in [-0.2, 0) is 0 Å². The molecule has 0 fully saturated rings. The molecule has 0 amide bonds. The van der Waals surface area contributed by atoms with Crippen molar-refractivity contribution in [3.63, 3.8) is 0 Å². The zero-order chi connectivity index (χ0) is 38.2. The highest BCUT2D eigenvalue weighted by Gasteiger charge is 2.23. The number of thiophene rings is 3. The molecule has 0 aliphatic carbocycles. The van der Waals surface area contributed by atoms with E-state index in [1.807, 2.05) is 34.0 Å². The fourth-order valence-corrected chi connectivity index (χ4v) is 12.3. The number of fused-ring (bicyclic) bond motifs is 9. The number of benzene rings is 9. The Labute approximate surface area is 347 Å². The molecule has 0 spiro atoms. The summed E-state index contributed by atoms with van der Waals surface area (Å²) in [5.74, 6) is 0. The molecule has 12 aromatic rings. The van der Waals surface area contributed by atoms with Crippen molar-refractivity contribution in [1.29, 1.82) is 0 Å². The number of rotatable bonds is 6. The van der Waals surface area contributed by atoms with Gasteiger partial charge in [0.15, 0.2) is 0 Å². The molecule has 3 heterocycles. The molecular weight excluding hydrogens is 759 g/mol. The molecule has 0 saturated heterocycles. The Morgan fingerprint density at radius 1 is 0.293 bits per heavy atom. The van der Waals surface area contributed by atoms with Crippen molar-refractivity contribution in [1.82, 2.24) is 0 Å². The van der Waals surface area contributed by atoms with Crippen molar-refractivity contribution in [2.75, 3.05) is 4.90 Å². The lowest BCUT2D eigenvalue weighted by Gasteiger charge is -2.27. The zero-order valence-electron chi connectivity index (χ0n) is 31.2. The molecule has 0 N–H and O–H groups in total. The molecule has 0 radical (unpaired) electrons. The second-order valence-electron chi connectivity index (χ2n) is 14.8. The maximum Gasteiger partial charge on any atom is 0.0555 e. The third-order valence-electron chi connectivity index (χ3n) is 11.5. The summed E-state index contributed by atoms with van der Waals surface area (Å²) in [5, 5.41) is 7.73. The summed E-state index contributed by atoms with van der Waals surface area (Å²) in [7, 11) is 0. The van der Waals surface area contributed by atoms with Gasteiger partial charge in [0.25, 0.3) is 0 Å². The molecule has 0 saturated carbocycles. The highest BCUT2D eigenvalue weighted by atomic mass is 32.1. The van der Waals surface area contributed by atoms with Crippen molar-refractivity contribution in [3.8, 4) is 33.4 Å². The molecule has 0 unspecified atom stereocenters. The van der Waals surface area contributed by atoms with Gasteiger partial charge in [0, 0.05) is 71.9 Å². The average Bonchev–Trinajstić information content (AvgIpc) is 3.98. The third kappa shape index (κ3) is 5.41. The Hall–Kier alpha value is -6.56. The molecule has 9 aromatic carbocycles. The van der Waals surface area contributed by atoms with E-state index >= 15 is 0 Å². The maximum atomic E-state index is 2.52. The first-order chi connectivity index (χ1) is 28.7. The number of nitrogens with zero attached hydrogens (tertiary/aromatic N) is 1. The topological polar surface area (TPSA) is 3.24 Å². The highest BCUT2D eigenvalue weighted by molar-refractivity contribution is 7.27. The van der Waals surface area contributed by atoms with Crippen LogP contribution in [0.15, 0.2) is 200 Å². The molecule has 0 bridgehead atoms. The predicted molar refractivity (Wildman–Crippen MR) is 256 cm³/mol. The van der Waals surface area contributed by atoms with Crippen LogP contribution in [0.5, 0.6) is 0 Å². The summed E-state index contributed by atoms with van der Waals surface area (Å²) in [5.41, 5.74) is 10.9. The predicted octanol–water partition coefficient (Wildman–Crippen LogP) is 17.3. The van der Waals surface area contributed by atoms with E-state index in [0.29, 0.717) is 0 Å². The van der Waals surface area contributed by atoms with E-state index in [-0.39, 0.29) is 0 Å². The van der Waals surface area contributed by atoms with E-state index in [0.717, 1.165) is 11.4 Å².